The number of rotatable bonds is 2. The molecule has 0 aromatic carbocycles. The summed E-state index contributed by atoms with van der Waals surface area (Å²) in [6.45, 7) is 8.39. The van der Waals surface area contributed by atoms with Gasteiger partial charge in [0.1, 0.15) is 17.5 Å². The Morgan fingerprint density at radius 1 is 1.12 bits per heavy atom. The van der Waals surface area contributed by atoms with E-state index < -0.39 is 17.0 Å². The van der Waals surface area contributed by atoms with Gasteiger partial charge < -0.3 is 14.6 Å². The zero-order valence-electron chi connectivity index (χ0n) is 20.3. The van der Waals surface area contributed by atoms with Crippen molar-refractivity contribution in [2.45, 2.75) is 89.9 Å². The molecule has 5 nitrogen and oxygen atoms in total. The first kappa shape index (κ1) is 21.8. The number of ketones is 1. The molecule has 2 heterocycles. The molecule has 178 valence electrons. The van der Waals surface area contributed by atoms with Crippen LogP contribution in [0, 0.1) is 28.6 Å². The largest absolute Gasteiger partial charge is 0.456 e. The van der Waals surface area contributed by atoms with E-state index in [0.29, 0.717) is 42.0 Å². The fourth-order valence-electron chi connectivity index (χ4n) is 9.33. The molecule has 1 N–H and O–H groups in total. The van der Waals surface area contributed by atoms with Crippen LogP contribution >= 0.6 is 0 Å². The lowest BCUT2D eigenvalue weighted by Gasteiger charge is -2.59. The fourth-order valence-corrected chi connectivity index (χ4v) is 9.33. The van der Waals surface area contributed by atoms with Crippen LogP contribution in [-0.2, 0) is 19.1 Å². The molecule has 6 aliphatic rings. The quantitative estimate of drug-likeness (QED) is 0.627. The van der Waals surface area contributed by atoms with E-state index in [9.17, 15) is 14.7 Å². The first-order valence-corrected chi connectivity index (χ1v) is 12.7. The third-order valence-corrected chi connectivity index (χ3v) is 11.1. The fraction of sp³-hybridized carbons (Fsp3) is 0.714. The highest BCUT2D eigenvalue weighted by Gasteiger charge is 2.77. The minimum absolute atomic E-state index is 0.0133. The smallest absolute Gasteiger partial charge is 0.336 e. The number of hydrogen-bond acceptors (Lipinski definition) is 5. The van der Waals surface area contributed by atoms with Crippen LogP contribution in [0.3, 0.4) is 0 Å². The second-order valence-electron chi connectivity index (χ2n) is 12.1. The van der Waals surface area contributed by atoms with E-state index in [1.54, 1.807) is 0 Å². The molecule has 1 saturated heterocycles. The van der Waals surface area contributed by atoms with Crippen LogP contribution in [0.5, 0.6) is 0 Å². The number of cyclic esters (lactones) is 1. The average Bonchev–Trinajstić information content (AvgIpc) is 3.18. The summed E-state index contributed by atoms with van der Waals surface area (Å²) >= 11 is 0. The predicted octanol–water partition coefficient (Wildman–Crippen LogP) is 4.45. The molecule has 5 heteroatoms. The van der Waals surface area contributed by atoms with Crippen LogP contribution in [-0.4, -0.2) is 40.8 Å². The number of Topliss-reactive ketones (excluding diaryl/α,β-unsaturated/α-hetero) is 1. The molecule has 4 aliphatic carbocycles. The molecule has 3 fully saturated rings. The molecule has 0 amide bonds. The zero-order valence-corrected chi connectivity index (χ0v) is 20.3. The summed E-state index contributed by atoms with van der Waals surface area (Å²) in [7, 11) is 0. The topological polar surface area (TPSA) is 72.8 Å². The number of ether oxygens (including phenoxy) is 2. The minimum atomic E-state index is -0.554. The van der Waals surface area contributed by atoms with Crippen LogP contribution in [0.25, 0.3) is 0 Å². The highest BCUT2D eigenvalue weighted by atomic mass is 16.6. The van der Waals surface area contributed by atoms with Gasteiger partial charge in [-0.1, -0.05) is 30.7 Å². The van der Waals surface area contributed by atoms with Gasteiger partial charge in [0, 0.05) is 18.3 Å². The van der Waals surface area contributed by atoms with Crippen LogP contribution in [0.2, 0.25) is 0 Å². The average molecular weight is 453 g/mol. The molecule has 2 aliphatic heterocycles. The van der Waals surface area contributed by atoms with Crippen molar-refractivity contribution in [3.05, 3.63) is 34.9 Å². The number of carbonyl (C=O) groups is 2. The third kappa shape index (κ3) is 2.41. The molecule has 0 radical (unpaired) electrons. The summed E-state index contributed by atoms with van der Waals surface area (Å²) in [4.78, 5) is 25.9. The minimum Gasteiger partial charge on any atom is -0.456 e. The van der Waals surface area contributed by atoms with Crippen LogP contribution in [0.4, 0.5) is 0 Å². The van der Waals surface area contributed by atoms with Gasteiger partial charge in [-0.15, -0.1) is 0 Å². The number of aliphatic hydroxyl groups is 1. The number of aliphatic hydroxyl groups excluding tert-OH is 1. The Hall–Kier alpha value is -1.72. The van der Waals surface area contributed by atoms with Crippen LogP contribution < -0.4 is 0 Å². The maximum Gasteiger partial charge on any atom is 0.336 e. The Kier molecular flexibility index (Phi) is 4.42. The SMILES string of the molecule is CC1=C(CO)C(=O)OC(C2(C)OC34CCC2C3(C)CCC2C4CC=C3C=CCC(=O)C32C)C1. The molecule has 2 saturated carbocycles. The van der Waals surface area contributed by atoms with Crippen molar-refractivity contribution >= 4 is 11.8 Å². The van der Waals surface area contributed by atoms with Gasteiger partial charge in [0.15, 0.2) is 0 Å². The van der Waals surface area contributed by atoms with Crippen molar-refractivity contribution in [3.63, 3.8) is 0 Å². The molecule has 6 rings (SSSR count). The molecule has 8 atom stereocenters. The van der Waals surface area contributed by atoms with Gasteiger partial charge in [-0.25, -0.2) is 4.79 Å². The molecule has 8 unspecified atom stereocenters. The van der Waals surface area contributed by atoms with Crippen LogP contribution in [0.1, 0.15) is 72.6 Å². The first-order chi connectivity index (χ1) is 15.6. The van der Waals surface area contributed by atoms with Gasteiger partial charge in [-0.2, -0.15) is 0 Å². The summed E-state index contributed by atoms with van der Waals surface area (Å²) in [5.74, 6) is 0.851. The Labute approximate surface area is 196 Å². The molecule has 2 bridgehead atoms. The number of hydrogen-bond donors (Lipinski definition) is 1. The van der Waals surface area contributed by atoms with E-state index in [4.69, 9.17) is 9.47 Å². The summed E-state index contributed by atoms with van der Waals surface area (Å²) in [5, 5.41) is 9.60. The zero-order chi connectivity index (χ0) is 23.4. The molecule has 0 aromatic rings. The van der Waals surface area contributed by atoms with Gasteiger partial charge in [-0.3, -0.25) is 4.79 Å². The lowest BCUT2D eigenvalue weighted by molar-refractivity contribution is -0.231. The van der Waals surface area contributed by atoms with Crippen molar-refractivity contribution in [3.8, 4) is 0 Å². The normalized spacial score (nSPS) is 50.5. The Bertz CT molecular complexity index is 1040. The number of allylic oxidation sites excluding steroid dienone is 4. The lowest BCUT2D eigenvalue weighted by Crippen LogP contribution is -2.60. The van der Waals surface area contributed by atoms with E-state index in [-0.39, 0.29) is 23.7 Å². The van der Waals surface area contributed by atoms with Crippen molar-refractivity contribution in [1.29, 1.82) is 0 Å². The molecule has 33 heavy (non-hydrogen) atoms. The standard InChI is InChI=1S/C28H36O5/c1-16-14-23(32-24(31)18(16)15-29)27(4)21-11-13-28(33-27)20-9-8-17-6-5-7-22(30)26(17,3)19(20)10-12-25(21,28)2/h5-6,8,19-21,23,29H,7,9-15H2,1-4H3. The van der Waals surface area contributed by atoms with Crippen LogP contribution in [0.15, 0.2) is 34.9 Å². The van der Waals surface area contributed by atoms with Crippen molar-refractivity contribution in [2.75, 3.05) is 6.61 Å². The Morgan fingerprint density at radius 3 is 2.64 bits per heavy atom. The highest BCUT2D eigenvalue weighted by molar-refractivity contribution is 5.92. The van der Waals surface area contributed by atoms with Crippen molar-refractivity contribution in [2.24, 2.45) is 28.6 Å². The Morgan fingerprint density at radius 2 is 1.91 bits per heavy atom. The monoisotopic (exact) mass is 452 g/mol. The number of fused-ring (bicyclic) bond motifs is 3. The second-order valence-corrected chi connectivity index (χ2v) is 12.1. The van der Waals surface area contributed by atoms with Gasteiger partial charge in [-0.05, 0) is 76.2 Å². The van der Waals surface area contributed by atoms with E-state index in [1.807, 2.05) is 13.0 Å². The maximum absolute atomic E-state index is 13.3. The van der Waals surface area contributed by atoms with Crippen molar-refractivity contribution in [1.82, 2.24) is 0 Å². The molecular formula is C28H36O5. The van der Waals surface area contributed by atoms with E-state index in [0.717, 1.165) is 37.7 Å². The number of esters is 1. The van der Waals surface area contributed by atoms with Gasteiger partial charge in [0.25, 0.3) is 0 Å². The van der Waals surface area contributed by atoms with Gasteiger partial charge in [0.05, 0.1) is 23.2 Å². The maximum atomic E-state index is 13.3. The van der Waals surface area contributed by atoms with Gasteiger partial charge >= 0.3 is 5.97 Å². The van der Waals surface area contributed by atoms with E-state index in [2.05, 4.69) is 32.9 Å². The number of carbonyl (C=O) groups excluding carboxylic acids is 2. The first-order valence-electron chi connectivity index (χ1n) is 12.7. The van der Waals surface area contributed by atoms with E-state index in [1.165, 1.54) is 5.57 Å². The lowest BCUT2D eigenvalue weighted by atomic mass is 9.46. The van der Waals surface area contributed by atoms with Crippen molar-refractivity contribution < 1.29 is 24.2 Å². The summed E-state index contributed by atoms with van der Waals surface area (Å²) in [6.07, 6.45) is 12.4. The van der Waals surface area contributed by atoms with Gasteiger partial charge in [0.2, 0.25) is 0 Å². The molecule has 0 aromatic heterocycles. The summed E-state index contributed by atoms with van der Waals surface area (Å²) < 4.78 is 13.2. The summed E-state index contributed by atoms with van der Waals surface area (Å²) in [5.41, 5.74) is 1.26. The summed E-state index contributed by atoms with van der Waals surface area (Å²) in [6, 6.07) is 0. The molecular weight excluding hydrogens is 416 g/mol. The third-order valence-electron chi connectivity index (χ3n) is 11.1. The molecule has 0 spiro atoms. The highest BCUT2D eigenvalue weighted by Crippen LogP contribution is 2.75. The van der Waals surface area contributed by atoms with E-state index >= 15 is 0 Å². The second kappa shape index (κ2) is 6.69. The Balaban J connectivity index is 1.40. The predicted molar refractivity (Wildman–Crippen MR) is 123 cm³/mol.